The van der Waals surface area contributed by atoms with Crippen LogP contribution in [0.2, 0.25) is 0 Å². The maximum atomic E-state index is 3.39. The molecule has 0 spiro atoms. The Morgan fingerprint density at radius 3 is 2.59 bits per heavy atom. The van der Waals surface area contributed by atoms with Crippen LogP contribution in [0, 0.1) is 0 Å². The lowest BCUT2D eigenvalue weighted by molar-refractivity contribution is 0.442. The highest BCUT2D eigenvalue weighted by molar-refractivity contribution is 5.54. The predicted octanol–water partition coefficient (Wildman–Crippen LogP) is 2.83. The largest absolute Gasteiger partial charge is 0.371 e. The Morgan fingerprint density at radius 1 is 1.24 bits per heavy atom. The molecular formula is C15H24N2. The number of para-hydroxylation sites is 1. The number of nitrogens with zero attached hydrogens (tertiary/aromatic N) is 1. The predicted molar refractivity (Wildman–Crippen MR) is 74.7 cm³/mol. The second kappa shape index (κ2) is 6.06. The van der Waals surface area contributed by atoms with Gasteiger partial charge in [-0.25, -0.2) is 0 Å². The minimum Gasteiger partial charge on any atom is -0.371 e. The summed E-state index contributed by atoms with van der Waals surface area (Å²) in [6.45, 7) is 4.63. The normalized spacial score (nSPS) is 17.4. The van der Waals surface area contributed by atoms with E-state index in [1.54, 1.807) is 0 Å². The third kappa shape index (κ3) is 3.01. The SMILES string of the molecule is CCCc1ccccc1N1CCC(NC)CC1. The van der Waals surface area contributed by atoms with Gasteiger partial charge in [0.2, 0.25) is 0 Å². The average molecular weight is 232 g/mol. The second-order valence-corrected chi connectivity index (χ2v) is 4.93. The van der Waals surface area contributed by atoms with Crippen LogP contribution in [0.4, 0.5) is 5.69 Å². The number of aryl methyl sites for hydroxylation is 1. The first kappa shape index (κ1) is 12.4. The van der Waals surface area contributed by atoms with E-state index in [2.05, 4.69) is 48.5 Å². The molecule has 1 aromatic carbocycles. The van der Waals surface area contributed by atoms with Gasteiger partial charge in [-0.15, -0.1) is 0 Å². The average Bonchev–Trinajstić information content (AvgIpc) is 2.40. The van der Waals surface area contributed by atoms with Crippen molar-refractivity contribution in [2.24, 2.45) is 0 Å². The molecular weight excluding hydrogens is 208 g/mol. The second-order valence-electron chi connectivity index (χ2n) is 4.93. The Morgan fingerprint density at radius 2 is 1.94 bits per heavy atom. The Hall–Kier alpha value is -1.02. The quantitative estimate of drug-likeness (QED) is 0.858. The number of anilines is 1. The zero-order valence-corrected chi connectivity index (χ0v) is 11.1. The van der Waals surface area contributed by atoms with Crippen molar-refractivity contribution in [3.8, 4) is 0 Å². The van der Waals surface area contributed by atoms with E-state index in [1.165, 1.54) is 50.0 Å². The molecule has 1 heterocycles. The molecule has 0 unspecified atom stereocenters. The van der Waals surface area contributed by atoms with Crippen molar-refractivity contribution in [2.45, 2.75) is 38.6 Å². The van der Waals surface area contributed by atoms with Crippen LogP contribution in [0.3, 0.4) is 0 Å². The van der Waals surface area contributed by atoms with Gasteiger partial charge in [0.1, 0.15) is 0 Å². The Labute approximate surface area is 105 Å². The van der Waals surface area contributed by atoms with Crippen molar-refractivity contribution in [2.75, 3.05) is 25.0 Å². The molecule has 1 aliphatic rings. The molecule has 17 heavy (non-hydrogen) atoms. The van der Waals surface area contributed by atoms with Gasteiger partial charge in [-0.05, 0) is 37.9 Å². The van der Waals surface area contributed by atoms with Crippen molar-refractivity contribution in [3.05, 3.63) is 29.8 Å². The molecule has 0 aromatic heterocycles. The monoisotopic (exact) mass is 232 g/mol. The van der Waals surface area contributed by atoms with Gasteiger partial charge in [-0.1, -0.05) is 31.5 Å². The van der Waals surface area contributed by atoms with Crippen LogP contribution in [-0.4, -0.2) is 26.2 Å². The maximum Gasteiger partial charge on any atom is 0.0398 e. The van der Waals surface area contributed by atoms with Gasteiger partial charge in [0, 0.05) is 24.8 Å². The van der Waals surface area contributed by atoms with Gasteiger partial charge >= 0.3 is 0 Å². The van der Waals surface area contributed by atoms with E-state index in [9.17, 15) is 0 Å². The smallest absolute Gasteiger partial charge is 0.0398 e. The first-order valence-electron chi connectivity index (χ1n) is 6.85. The van der Waals surface area contributed by atoms with Crippen LogP contribution in [0.5, 0.6) is 0 Å². The summed E-state index contributed by atoms with van der Waals surface area (Å²) in [4.78, 5) is 2.55. The minimum atomic E-state index is 0.713. The van der Waals surface area contributed by atoms with Crippen molar-refractivity contribution in [3.63, 3.8) is 0 Å². The van der Waals surface area contributed by atoms with E-state index in [-0.39, 0.29) is 0 Å². The van der Waals surface area contributed by atoms with Crippen LogP contribution < -0.4 is 10.2 Å². The first-order chi connectivity index (χ1) is 8.35. The summed E-state index contributed by atoms with van der Waals surface area (Å²) < 4.78 is 0. The summed E-state index contributed by atoms with van der Waals surface area (Å²) >= 11 is 0. The highest BCUT2D eigenvalue weighted by atomic mass is 15.1. The lowest BCUT2D eigenvalue weighted by atomic mass is 10.0. The van der Waals surface area contributed by atoms with Crippen LogP contribution in [0.15, 0.2) is 24.3 Å². The van der Waals surface area contributed by atoms with Gasteiger partial charge in [-0.3, -0.25) is 0 Å². The fraction of sp³-hybridized carbons (Fsp3) is 0.600. The molecule has 2 heteroatoms. The molecule has 1 fully saturated rings. The van der Waals surface area contributed by atoms with Crippen molar-refractivity contribution in [1.29, 1.82) is 0 Å². The Balaban J connectivity index is 2.07. The molecule has 2 rings (SSSR count). The van der Waals surface area contributed by atoms with Crippen LogP contribution in [0.25, 0.3) is 0 Å². The molecule has 2 nitrogen and oxygen atoms in total. The number of benzene rings is 1. The van der Waals surface area contributed by atoms with Crippen molar-refractivity contribution >= 4 is 5.69 Å². The van der Waals surface area contributed by atoms with E-state index in [0.717, 1.165) is 0 Å². The van der Waals surface area contributed by atoms with E-state index in [0.29, 0.717) is 6.04 Å². The third-order valence-corrected chi connectivity index (χ3v) is 3.75. The molecule has 1 aromatic rings. The zero-order chi connectivity index (χ0) is 12.1. The first-order valence-corrected chi connectivity index (χ1v) is 6.85. The molecule has 0 radical (unpaired) electrons. The molecule has 1 aliphatic heterocycles. The fourth-order valence-electron chi connectivity index (χ4n) is 2.71. The molecule has 1 saturated heterocycles. The number of hydrogen-bond acceptors (Lipinski definition) is 2. The number of hydrogen-bond donors (Lipinski definition) is 1. The minimum absolute atomic E-state index is 0.713. The van der Waals surface area contributed by atoms with E-state index in [4.69, 9.17) is 0 Å². The number of piperidine rings is 1. The summed E-state index contributed by atoms with van der Waals surface area (Å²) in [5, 5.41) is 3.39. The van der Waals surface area contributed by atoms with Crippen LogP contribution in [0.1, 0.15) is 31.7 Å². The third-order valence-electron chi connectivity index (χ3n) is 3.75. The Kier molecular flexibility index (Phi) is 4.43. The van der Waals surface area contributed by atoms with Gasteiger partial charge in [0.15, 0.2) is 0 Å². The van der Waals surface area contributed by atoms with Gasteiger partial charge in [-0.2, -0.15) is 0 Å². The molecule has 0 aliphatic carbocycles. The molecule has 94 valence electrons. The summed E-state index contributed by atoms with van der Waals surface area (Å²) in [5.74, 6) is 0. The van der Waals surface area contributed by atoms with Crippen molar-refractivity contribution < 1.29 is 0 Å². The van der Waals surface area contributed by atoms with Crippen molar-refractivity contribution in [1.82, 2.24) is 5.32 Å². The molecule has 0 atom stereocenters. The maximum absolute atomic E-state index is 3.39. The standard InChI is InChI=1S/C15H24N2/c1-3-6-13-7-4-5-8-15(13)17-11-9-14(16-2)10-12-17/h4-5,7-8,14,16H,3,6,9-12H2,1-2H3. The fourth-order valence-corrected chi connectivity index (χ4v) is 2.71. The van der Waals surface area contributed by atoms with E-state index in [1.807, 2.05) is 0 Å². The van der Waals surface area contributed by atoms with Gasteiger partial charge < -0.3 is 10.2 Å². The van der Waals surface area contributed by atoms with Gasteiger partial charge in [0.05, 0.1) is 0 Å². The van der Waals surface area contributed by atoms with Crippen LogP contribution >= 0.6 is 0 Å². The number of rotatable bonds is 4. The Bertz CT molecular complexity index is 341. The summed E-state index contributed by atoms with van der Waals surface area (Å²) in [5.41, 5.74) is 2.97. The number of nitrogens with one attached hydrogen (secondary N) is 1. The lowest BCUT2D eigenvalue weighted by Gasteiger charge is -2.34. The van der Waals surface area contributed by atoms with Gasteiger partial charge in [0.25, 0.3) is 0 Å². The molecule has 0 saturated carbocycles. The molecule has 1 N–H and O–H groups in total. The summed E-state index contributed by atoms with van der Waals surface area (Å²) in [7, 11) is 2.07. The molecule has 0 bridgehead atoms. The van der Waals surface area contributed by atoms with E-state index >= 15 is 0 Å². The summed E-state index contributed by atoms with van der Waals surface area (Å²) in [6.07, 6.45) is 4.94. The molecule has 0 amide bonds. The van der Waals surface area contributed by atoms with E-state index < -0.39 is 0 Å². The zero-order valence-electron chi connectivity index (χ0n) is 11.1. The highest BCUT2D eigenvalue weighted by Crippen LogP contribution is 2.25. The lowest BCUT2D eigenvalue weighted by Crippen LogP contribution is -2.41. The van der Waals surface area contributed by atoms with Crippen LogP contribution in [-0.2, 0) is 6.42 Å². The highest BCUT2D eigenvalue weighted by Gasteiger charge is 2.19. The topological polar surface area (TPSA) is 15.3 Å². The summed E-state index contributed by atoms with van der Waals surface area (Å²) in [6, 6.07) is 9.60.